The fourth-order valence-corrected chi connectivity index (χ4v) is 3.73. The first-order valence-corrected chi connectivity index (χ1v) is 9.05. The Labute approximate surface area is 152 Å². The third-order valence-electron chi connectivity index (χ3n) is 3.24. The van der Waals surface area contributed by atoms with Gasteiger partial charge >= 0.3 is 0 Å². The molecule has 0 saturated carbocycles. The summed E-state index contributed by atoms with van der Waals surface area (Å²) in [5.74, 6) is 1.44. The zero-order chi connectivity index (χ0) is 17.6. The van der Waals surface area contributed by atoms with Gasteiger partial charge in [-0.2, -0.15) is 0 Å². The lowest BCUT2D eigenvalue weighted by Gasteiger charge is -2.04. The maximum Gasteiger partial charge on any atom is 0.269 e. The van der Waals surface area contributed by atoms with Gasteiger partial charge in [0.1, 0.15) is 5.75 Å². The van der Waals surface area contributed by atoms with Crippen LogP contribution in [0, 0.1) is 10.1 Å². The maximum atomic E-state index is 10.7. The molecule has 1 N–H and O–H groups in total. The Kier molecular flexibility index (Phi) is 5.46. The number of methoxy groups -OCH3 is 1. The second kappa shape index (κ2) is 7.95. The first kappa shape index (κ1) is 17.2. The molecule has 7 nitrogen and oxygen atoms in total. The van der Waals surface area contributed by atoms with Crippen molar-refractivity contribution in [2.75, 3.05) is 12.4 Å². The van der Waals surface area contributed by atoms with Crippen LogP contribution >= 0.6 is 23.1 Å². The van der Waals surface area contributed by atoms with E-state index in [1.165, 1.54) is 35.2 Å². The minimum absolute atomic E-state index is 0.0921. The van der Waals surface area contributed by atoms with Gasteiger partial charge in [0, 0.05) is 29.6 Å². The summed E-state index contributed by atoms with van der Waals surface area (Å²) in [4.78, 5) is 10.2. The van der Waals surface area contributed by atoms with E-state index in [1.807, 2.05) is 24.3 Å². The second-order valence-corrected chi connectivity index (χ2v) is 7.14. The number of rotatable bonds is 7. The third-order valence-corrected chi connectivity index (χ3v) is 5.28. The molecule has 3 rings (SSSR count). The van der Waals surface area contributed by atoms with Crippen LogP contribution < -0.4 is 10.1 Å². The molecule has 9 heteroatoms. The van der Waals surface area contributed by atoms with Gasteiger partial charge in [0.2, 0.25) is 5.13 Å². The molecule has 0 bridgehead atoms. The molecule has 0 aliphatic carbocycles. The molecule has 0 amide bonds. The van der Waals surface area contributed by atoms with Crippen molar-refractivity contribution < 1.29 is 9.66 Å². The number of non-ortho nitro benzene ring substituents is 1. The average molecular weight is 374 g/mol. The fraction of sp³-hybridized carbons (Fsp3) is 0.125. The number of benzene rings is 2. The summed E-state index contributed by atoms with van der Waals surface area (Å²) in [6, 6.07) is 14.1. The highest BCUT2D eigenvalue weighted by Gasteiger charge is 2.08. The number of hydrogen-bond donors (Lipinski definition) is 1. The highest BCUT2D eigenvalue weighted by atomic mass is 32.2. The highest BCUT2D eigenvalue weighted by molar-refractivity contribution is 8.00. The van der Waals surface area contributed by atoms with Crippen molar-refractivity contribution >= 4 is 39.6 Å². The van der Waals surface area contributed by atoms with Crippen molar-refractivity contribution in [2.45, 2.75) is 10.1 Å². The summed E-state index contributed by atoms with van der Waals surface area (Å²) in [7, 11) is 1.62. The Morgan fingerprint density at radius 3 is 2.76 bits per heavy atom. The predicted octanol–water partition coefficient (Wildman–Crippen LogP) is 4.49. The Balaban J connectivity index is 1.58. The summed E-state index contributed by atoms with van der Waals surface area (Å²) < 4.78 is 6.01. The maximum absolute atomic E-state index is 10.7. The van der Waals surface area contributed by atoms with Gasteiger partial charge in [-0.15, -0.1) is 10.2 Å². The zero-order valence-corrected chi connectivity index (χ0v) is 14.8. The van der Waals surface area contributed by atoms with Gasteiger partial charge in [-0.1, -0.05) is 41.3 Å². The van der Waals surface area contributed by atoms with Crippen LogP contribution in [0.1, 0.15) is 5.56 Å². The largest absolute Gasteiger partial charge is 0.497 e. The van der Waals surface area contributed by atoms with Gasteiger partial charge in [-0.25, -0.2) is 0 Å². The monoisotopic (exact) mass is 374 g/mol. The minimum atomic E-state index is -0.405. The van der Waals surface area contributed by atoms with Crippen LogP contribution in [0.3, 0.4) is 0 Å². The van der Waals surface area contributed by atoms with E-state index in [0.29, 0.717) is 10.9 Å². The standard InChI is InChI=1S/C16H14N4O3S2/c1-23-14-4-2-3-12(9-14)17-15-18-19-16(25-15)24-10-11-5-7-13(8-6-11)20(21)22/h2-9H,10H2,1H3,(H,17,18). The van der Waals surface area contributed by atoms with Crippen molar-refractivity contribution in [3.8, 4) is 5.75 Å². The molecule has 0 aliphatic heterocycles. The molecule has 0 aliphatic rings. The number of hydrogen-bond acceptors (Lipinski definition) is 8. The van der Waals surface area contributed by atoms with Crippen LogP contribution in [0.5, 0.6) is 5.75 Å². The van der Waals surface area contributed by atoms with E-state index < -0.39 is 4.92 Å². The van der Waals surface area contributed by atoms with Crippen molar-refractivity contribution in [1.82, 2.24) is 10.2 Å². The SMILES string of the molecule is COc1cccc(Nc2nnc(SCc3ccc([N+](=O)[O-])cc3)s2)c1. The van der Waals surface area contributed by atoms with Crippen molar-refractivity contribution in [1.29, 1.82) is 0 Å². The Bertz CT molecular complexity index is 868. The number of nitro benzene ring substituents is 1. The van der Waals surface area contributed by atoms with E-state index >= 15 is 0 Å². The van der Waals surface area contributed by atoms with Gasteiger partial charge < -0.3 is 10.1 Å². The molecule has 0 fully saturated rings. The minimum Gasteiger partial charge on any atom is -0.497 e. The number of thioether (sulfide) groups is 1. The Hall–Kier alpha value is -2.65. The summed E-state index contributed by atoms with van der Waals surface area (Å²) in [5, 5.41) is 22.8. The average Bonchev–Trinajstić information content (AvgIpc) is 3.08. The van der Waals surface area contributed by atoms with Crippen LogP contribution in [-0.2, 0) is 5.75 Å². The molecular formula is C16H14N4O3S2. The molecule has 0 unspecified atom stereocenters. The van der Waals surface area contributed by atoms with E-state index in [1.54, 1.807) is 19.2 Å². The third kappa shape index (κ3) is 4.68. The number of nitrogens with one attached hydrogen (secondary N) is 1. The summed E-state index contributed by atoms with van der Waals surface area (Å²) in [5.41, 5.74) is 1.96. The smallest absolute Gasteiger partial charge is 0.269 e. The predicted molar refractivity (Wildman–Crippen MR) is 98.8 cm³/mol. The van der Waals surface area contributed by atoms with Gasteiger partial charge in [-0.05, 0) is 17.7 Å². The van der Waals surface area contributed by atoms with Crippen molar-refractivity contribution in [3.05, 3.63) is 64.2 Å². The molecule has 0 radical (unpaired) electrons. The van der Waals surface area contributed by atoms with Crippen LogP contribution in [-0.4, -0.2) is 22.2 Å². The first-order chi connectivity index (χ1) is 12.1. The van der Waals surface area contributed by atoms with Crippen LogP contribution in [0.4, 0.5) is 16.5 Å². The van der Waals surface area contributed by atoms with E-state index in [-0.39, 0.29) is 5.69 Å². The normalized spacial score (nSPS) is 10.4. The van der Waals surface area contributed by atoms with E-state index in [0.717, 1.165) is 21.3 Å². The molecule has 2 aromatic carbocycles. The van der Waals surface area contributed by atoms with E-state index in [2.05, 4.69) is 15.5 Å². The summed E-state index contributed by atoms with van der Waals surface area (Å²) in [6.45, 7) is 0. The summed E-state index contributed by atoms with van der Waals surface area (Å²) in [6.07, 6.45) is 0. The Morgan fingerprint density at radius 1 is 1.24 bits per heavy atom. The lowest BCUT2D eigenvalue weighted by atomic mass is 10.2. The molecule has 0 saturated heterocycles. The van der Waals surface area contributed by atoms with Crippen LogP contribution in [0.2, 0.25) is 0 Å². The summed E-state index contributed by atoms with van der Waals surface area (Å²) >= 11 is 2.99. The number of aromatic nitrogens is 2. The molecule has 25 heavy (non-hydrogen) atoms. The van der Waals surface area contributed by atoms with Gasteiger partial charge in [0.15, 0.2) is 4.34 Å². The highest BCUT2D eigenvalue weighted by Crippen LogP contribution is 2.30. The first-order valence-electron chi connectivity index (χ1n) is 7.25. The van der Waals surface area contributed by atoms with E-state index in [9.17, 15) is 10.1 Å². The van der Waals surface area contributed by atoms with Crippen molar-refractivity contribution in [3.63, 3.8) is 0 Å². The van der Waals surface area contributed by atoms with Crippen molar-refractivity contribution in [2.24, 2.45) is 0 Å². The van der Waals surface area contributed by atoms with Gasteiger partial charge in [-0.3, -0.25) is 10.1 Å². The van der Waals surface area contributed by atoms with Gasteiger partial charge in [0.25, 0.3) is 5.69 Å². The number of anilines is 2. The quantitative estimate of drug-likeness (QED) is 0.370. The fourth-order valence-electron chi connectivity index (χ4n) is 2.00. The topological polar surface area (TPSA) is 90.2 Å². The molecule has 3 aromatic rings. The number of nitro groups is 1. The lowest BCUT2D eigenvalue weighted by Crippen LogP contribution is -1.90. The molecule has 1 heterocycles. The number of nitrogens with zero attached hydrogens (tertiary/aromatic N) is 3. The zero-order valence-electron chi connectivity index (χ0n) is 13.2. The molecule has 0 spiro atoms. The molecule has 128 valence electrons. The molecular weight excluding hydrogens is 360 g/mol. The van der Waals surface area contributed by atoms with E-state index in [4.69, 9.17) is 4.74 Å². The van der Waals surface area contributed by atoms with Gasteiger partial charge in [0.05, 0.1) is 12.0 Å². The Morgan fingerprint density at radius 2 is 2.04 bits per heavy atom. The second-order valence-electron chi connectivity index (χ2n) is 4.94. The van der Waals surface area contributed by atoms with Crippen LogP contribution in [0.25, 0.3) is 0 Å². The molecule has 1 aromatic heterocycles. The number of ether oxygens (including phenoxy) is 1. The van der Waals surface area contributed by atoms with Crippen LogP contribution in [0.15, 0.2) is 52.9 Å². The molecule has 0 atom stereocenters. The lowest BCUT2D eigenvalue weighted by molar-refractivity contribution is -0.384.